The molecule has 134 valence electrons. The van der Waals surface area contributed by atoms with Crippen LogP contribution in [0.15, 0.2) is 66.2 Å². The van der Waals surface area contributed by atoms with Crippen LogP contribution in [0.4, 0.5) is 5.69 Å². The fourth-order valence-electron chi connectivity index (χ4n) is 2.95. The van der Waals surface area contributed by atoms with Crippen LogP contribution in [0.25, 0.3) is 11.8 Å². The predicted octanol–water partition coefficient (Wildman–Crippen LogP) is 5.24. The molecule has 5 heteroatoms. The van der Waals surface area contributed by atoms with Crippen molar-refractivity contribution in [3.05, 3.63) is 86.8 Å². The SMILES string of the molecule is Cc1cc(/C=C(/C#N)C(=O)Nc2ccccc2)c(C)n1-c1ccc(I)cc1. The van der Waals surface area contributed by atoms with Gasteiger partial charge < -0.3 is 9.88 Å². The van der Waals surface area contributed by atoms with Crippen LogP contribution in [0.5, 0.6) is 0 Å². The van der Waals surface area contributed by atoms with Gasteiger partial charge in [0.05, 0.1) is 0 Å². The molecule has 0 bridgehead atoms. The van der Waals surface area contributed by atoms with Crippen molar-refractivity contribution in [1.82, 2.24) is 4.57 Å². The second-order valence-electron chi connectivity index (χ2n) is 6.13. The molecule has 1 heterocycles. The van der Waals surface area contributed by atoms with Gasteiger partial charge in [-0.2, -0.15) is 5.26 Å². The highest BCUT2D eigenvalue weighted by Crippen LogP contribution is 2.23. The average molecular weight is 467 g/mol. The molecule has 0 spiro atoms. The highest BCUT2D eigenvalue weighted by atomic mass is 127. The van der Waals surface area contributed by atoms with Crippen LogP contribution >= 0.6 is 22.6 Å². The fourth-order valence-corrected chi connectivity index (χ4v) is 3.30. The molecule has 0 atom stereocenters. The van der Waals surface area contributed by atoms with Crippen LogP contribution in [0.1, 0.15) is 17.0 Å². The third kappa shape index (κ3) is 4.29. The van der Waals surface area contributed by atoms with E-state index < -0.39 is 5.91 Å². The predicted molar refractivity (Wildman–Crippen MR) is 117 cm³/mol. The van der Waals surface area contributed by atoms with Gasteiger partial charge in [0, 0.05) is 26.3 Å². The van der Waals surface area contributed by atoms with Gasteiger partial charge in [-0.05, 0) is 90.5 Å². The van der Waals surface area contributed by atoms with E-state index in [4.69, 9.17) is 0 Å². The van der Waals surface area contributed by atoms with Gasteiger partial charge in [0.15, 0.2) is 0 Å². The number of amides is 1. The molecule has 1 N–H and O–H groups in total. The van der Waals surface area contributed by atoms with Crippen LogP contribution in [0.3, 0.4) is 0 Å². The lowest BCUT2D eigenvalue weighted by atomic mass is 10.1. The molecule has 0 saturated carbocycles. The molecule has 1 amide bonds. The summed E-state index contributed by atoms with van der Waals surface area (Å²) in [6.45, 7) is 4.00. The molecule has 0 aliphatic rings. The van der Waals surface area contributed by atoms with E-state index in [9.17, 15) is 10.1 Å². The van der Waals surface area contributed by atoms with E-state index in [0.29, 0.717) is 5.69 Å². The summed E-state index contributed by atoms with van der Waals surface area (Å²) in [7, 11) is 0. The molecule has 0 radical (unpaired) electrons. The summed E-state index contributed by atoms with van der Waals surface area (Å²) in [5.74, 6) is -0.414. The topological polar surface area (TPSA) is 57.8 Å². The molecule has 0 aliphatic carbocycles. The molecule has 3 rings (SSSR count). The van der Waals surface area contributed by atoms with Gasteiger partial charge in [-0.1, -0.05) is 18.2 Å². The summed E-state index contributed by atoms with van der Waals surface area (Å²) >= 11 is 2.28. The zero-order valence-corrected chi connectivity index (χ0v) is 17.2. The van der Waals surface area contributed by atoms with Crippen molar-refractivity contribution in [2.75, 3.05) is 5.32 Å². The Labute approximate surface area is 172 Å². The maximum atomic E-state index is 12.4. The van der Waals surface area contributed by atoms with Crippen LogP contribution < -0.4 is 5.32 Å². The number of nitriles is 1. The molecule has 4 nitrogen and oxygen atoms in total. The number of anilines is 1. The van der Waals surface area contributed by atoms with Gasteiger partial charge in [-0.25, -0.2) is 0 Å². The summed E-state index contributed by atoms with van der Waals surface area (Å²) < 4.78 is 3.29. The number of aromatic nitrogens is 1. The third-order valence-corrected chi connectivity index (χ3v) is 4.97. The van der Waals surface area contributed by atoms with Crippen molar-refractivity contribution in [2.45, 2.75) is 13.8 Å². The Bertz CT molecular complexity index is 1040. The van der Waals surface area contributed by atoms with E-state index in [-0.39, 0.29) is 5.57 Å². The number of carbonyl (C=O) groups excluding carboxylic acids is 1. The van der Waals surface area contributed by atoms with Gasteiger partial charge in [0.1, 0.15) is 11.6 Å². The minimum atomic E-state index is -0.414. The van der Waals surface area contributed by atoms with E-state index >= 15 is 0 Å². The minimum absolute atomic E-state index is 0.0710. The number of aryl methyl sites for hydroxylation is 1. The van der Waals surface area contributed by atoms with E-state index in [1.807, 2.05) is 44.2 Å². The lowest BCUT2D eigenvalue weighted by molar-refractivity contribution is -0.112. The molecule has 1 aromatic heterocycles. The Morgan fingerprint density at radius 1 is 1.11 bits per heavy atom. The Balaban J connectivity index is 1.93. The Morgan fingerprint density at radius 2 is 1.78 bits per heavy atom. The molecule has 0 fully saturated rings. The number of halogens is 1. The molecule has 27 heavy (non-hydrogen) atoms. The number of para-hydroxylation sites is 1. The maximum absolute atomic E-state index is 12.4. The van der Waals surface area contributed by atoms with Gasteiger partial charge in [0.2, 0.25) is 0 Å². The molecular formula is C22H18IN3O. The summed E-state index contributed by atoms with van der Waals surface area (Å²) in [6.07, 6.45) is 1.64. The Morgan fingerprint density at radius 3 is 2.41 bits per heavy atom. The smallest absolute Gasteiger partial charge is 0.266 e. The van der Waals surface area contributed by atoms with Crippen LogP contribution in [0, 0.1) is 28.7 Å². The quantitative estimate of drug-likeness (QED) is 0.324. The van der Waals surface area contributed by atoms with E-state index in [2.05, 4.69) is 56.7 Å². The first-order chi connectivity index (χ1) is 13.0. The number of hydrogen-bond acceptors (Lipinski definition) is 2. The van der Waals surface area contributed by atoms with Crippen LogP contribution in [0.2, 0.25) is 0 Å². The monoisotopic (exact) mass is 467 g/mol. The number of benzene rings is 2. The summed E-state index contributed by atoms with van der Waals surface area (Å²) in [4.78, 5) is 12.4. The lowest BCUT2D eigenvalue weighted by Gasteiger charge is -2.09. The first kappa shape index (κ1) is 18.9. The van der Waals surface area contributed by atoms with Crippen LogP contribution in [-0.4, -0.2) is 10.5 Å². The Hall–Kier alpha value is -2.85. The average Bonchev–Trinajstić information content (AvgIpc) is 2.94. The normalized spacial score (nSPS) is 11.1. The molecule has 0 saturated heterocycles. The van der Waals surface area contributed by atoms with E-state index in [1.165, 1.54) is 3.57 Å². The highest BCUT2D eigenvalue weighted by molar-refractivity contribution is 14.1. The minimum Gasteiger partial charge on any atom is -0.321 e. The number of carbonyl (C=O) groups is 1. The van der Waals surface area contributed by atoms with Gasteiger partial charge in [-0.15, -0.1) is 0 Å². The second kappa shape index (κ2) is 8.23. The molecule has 0 aliphatic heterocycles. The highest BCUT2D eigenvalue weighted by Gasteiger charge is 2.14. The zero-order valence-electron chi connectivity index (χ0n) is 15.0. The van der Waals surface area contributed by atoms with Crippen molar-refractivity contribution in [3.8, 4) is 11.8 Å². The summed E-state index contributed by atoms with van der Waals surface area (Å²) in [5.41, 5.74) is 4.66. The van der Waals surface area contributed by atoms with Crippen LogP contribution in [-0.2, 0) is 4.79 Å². The Kier molecular flexibility index (Phi) is 5.77. The number of hydrogen-bond donors (Lipinski definition) is 1. The third-order valence-electron chi connectivity index (χ3n) is 4.25. The van der Waals surface area contributed by atoms with Crippen molar-refractivity contribution in [3.63, 3.8) is 0 Å². The first-order valence-corrected chi connectivity index (χ1v) is 9.50. The number of nitrogens with zero attached hydrogens (tertiary/aromatic N) is 2. The largest absolute Gasteiger partial charge is 0.321 e. The van der Waals surface area contributed by atoms with E-state index in [1.54, 1.807) is 18.2 Å². The van der Waals surface area contributed by atoms with Crippen molar-refractivity contribution < 1.29 is 4.79 Å². The second-order valence-corrected chi connectivity index (χ2v) is 7.37. The summed E-state index contributed by atoms with van der Waals surface area (Å²) in [6, 6.07) is 21.3. The number of rotatable bonds is 4. The zero-order chi connectivity index (χ0) is 19.4. The molecular weight excluding hydrogens is 449 g/mol. The van der Waals surface area contributed by atoms with Gasteiger partial charge in [0.25, 0.3) is 5.91 Å². The van der Waals surface area contributed by atoms with Gasteiger partial charge >= 0.3 is 0 Å². The lowest BCUT2D eigenvalue weighted by Crippen LogP contribution is -2.13. The molecule has 0 unspecified atom stereocenters. The molecule has 2 aromatic carbocycles. The standard InChI is InChI=1S/C22H18IN3O/c1-15-12-17(16(2)26(15)21-10-8-19(23)9-11-21)13-18(14-24)22(27)25-20-6-4-3-5-7-20/h3-13H,1-2H3,(H,25,27)/b18-13-. The number of nitrogens with one attached hydrogen (secondary N) is 1. The maximum Gasteiger partial charge on any atom is 0.266 e. The van der Waals surface area contributed by atoms with Crippen molar-refractivity contribution in [1.29, 1.82) is 5.26 Å². The first-order valence-electron chi connectivity index (χ1n) is 8.42. The van der Waals surface area contributed by atoms with E-state index in [0.717, 1.165) is 22.6 Å². The van der Waals surface area contributed by atoms with Crippen molar-refractivity contribution >= 4 is 40.3 Å². The molecule has 3 aromatic rings. The van der Waals surface area contributed by atoms with Crippen molar-refractivity contribution in [2.24, 2.45) is 0 Å². The summed E-state index contributed by atoms with van der Waals surface area (Å²) in [5, 5.41) is 12.2. The fraction of sp³-hybridized carbons (Fsp3) is 0.0909. The van der Waals surface area contributed by atoms with Gasteiger partial charge in [-0.3, -0.25) is 4.79 Å².